The number of likely N-dealkylation sites (tertiary alicyclic amines) is 1. The van der Waals surface area contributed by atoms with Crippen molar-refractivity contribution in [2.45, 2.75) is 43.4 Å². The number of aromatic hydroxyl groups is 1. The predicted octanol–water partition coefficient (Wildman–Crippen LogP) is 6.46. The summed E-state index contributed by atoms with van der Waals surface area (Å²) in [6, 6.07) is 13.4. The average Bonchev–Trinajstić information content (AvgIpc) is 3.50. The van der Waals surface area contributed by atoms with Crippen molar-refractivity contribution in [3.05, 3.63) is 93.5 Å². The maximum absolute atomic E-state index is 15.3. The Kier molecular flexibility index (Phi) is 9.74. The van der Waals surface area contributed by atoms with E-state index in [4.69, 9.17) is 33.0 Å². The second-order valence-electron chi connectivity index (χ2n) is 13.8. The third kappa shape index (κ3) is 6.42. The first-order valence-electron chi connectivity index (χ1n) is 17.2. The minimum absolute atomic E-state index is 0.00375. The first-order valence-corrected chi connectivity index (χ1v) is 17.9. The summed E-state index contributed by atoms with van der Waals surface area (Å²) in [5.74, 6) is -10.2. The third-order valence-corrected chi connectivity index (χ3v) is 11.5. The summed E-state index contributed by atoms with van der Waals surface area (Å²) in [4.78, 5) is 70.2. The zero-order valence-electron chi connectivity index (χ0n) is 28.8. The highest BCUT2D eigenvalue weighted by Gasteiger charge is 2.70. The number of hydrogen-bond acceptors (Lipinski definition) is 9. The number of carbonyl (C=O) groups excluding carboxylic acids is 4. The highest BCUT2D eigenvalue weighted by atomic mass is 35.5. The molecule has 6 atom stereocenters. The number of allylic oxidation sites excluding steroid dienone is 2. The molecule has 4 aliphatic rings. The van der Waals surface area contributed by atoms with Gasteiger partial charge in [0.15, 0.2) is 0 Å². The van der Waals surface area contributed by atoms with Crippen molar-refractivity contribution in [1.82, 2.24) is 9.91 Å². The summed E-state index contributed by atoms with van der Waals surface area (Å²) in [6.45, 7) is -0.157. The second kappa shape index (κ2) is 14.1. The molecule has 55 heavy (non-hydrogen) atoms. The van der Waals surface area contributed by atoms with E-state index < -0.39 is 82.5 Å². The topological polar surface area (TPSA) is 163 Å². The quantitative estimate of drug-likeness (QED) is 0.153. The van der Waals surface area contributed by atoms with Crippen LogP contribution in [0.5, 0.6) is 17.2 Å². The van der Waals surface area contributed by atoms with Gasteiger partial charge in [0.2, 0.25) is 11.8 Å². The highest BCUT2D eigenvalue weighted by Crippen LogP contribution is 2.65. The predicted molar refractivity (Wildman–Crippen MR) is 189 cm³/mol. The first-order chi connectivity index (χ1) is 26.1. The lowest BCUT2D eigenvalue weighted by molar-refractivity contribution is -0.274. The smallest absolute Gasteiger partial charge is 0.508 e. The van der Waals surface area contributed by atoms with Gasteiger partial charge in [-0.25, -0.2) is 0 Å². The number of carboxylic acid groups (broad SMARTS) is 1. The van der Waals surface area contributed by atoms with Crippen molar-refractivity contribution in [3.63, 3.8) is 0 Å². The van der Waals surface area contributed by atoms with Gasteiger partial charge < -0.3 is 19.7 Å². The van der Waals surface area contributed by atoms with Crippen LogP contribution >= 0.6 is 23.2 Å². The minimum atomic E-state index is -5.13. The van der Waals surface area contributed by atoms with E-state index in [2.05, 4.69) is 10.2 Å². The number of halogens is 5. The lowest BCUT2D eigenvalue weighted by Crippen LogP contribution is -2.53. The standard InChI is InChI=1S/C38H32Cl2F3N3O9/c1-54-20-7-4-18(5-8-20)37-26(34(51)46(36(37)53)44-28-12-6-19(39)15-27(28)40)17-24-22(32(37)25-16-21(9-13-29(25)47)55-38(41,42)43)10-11-23-31(24)35(52)45(33(23)50)14-2-3-30(48)49/h4-10,12-13,15-16,23-24,26,31-32,44,47H,2-3,11,14,17H2,1H3,(H,48,49). The number of nitrogens with one attached hydrogen (secondary N) is 1. The number of imide groups is 2. The molecule has 0 spiro atoms. The summed E-state index contributed by atoms with van der Waals surface area (Å²) >= 11 is 12.5. The Balaban J connectivity index is 1.44. The van der Waals surface area contributed by atoms with E-state index in [0.29, 0.717) is 11.3 Å². The summed E-state index contributed by atoms with van der Waals surface area (Å²) in [7, 11) is 1.42. The van der Waals surface area contributed by atoms with Gasteiger partial charge in [0, 0.05) is 29.5 Å². The fraction of sp³-hybridized carbons (Fsp3) is 0.342. The van der Waals surface area contributed by atoms with Gasteiger partial charge in [-0.05, 0) is 79.3 Å². The first kappa shape index (κ1) is 38.0. The number of nitrogens with zero attached hydrogens (tertiary/aromatic N) is 2. The molecule has 4 amide bonds. The molecule has 12 nitrogen and oxygen atoms in total. The Labute approximate surface area is 321 Å². The van der Waals surface area contributed by atoms with Gasteiger partial charge in [0.1, 0.15) is 17.2 Å². The fourth-order valence-electron chi connectivity index (χ4n) is 8.82. The Morgan fingerprint density at radius 3 is 2.33 bits per heavy atom. The molecule has 0 aromatic heterocycles. The van der Waals surface area contributed by atoms with Crippen molar-refractivity contribution in [3.8, 4) is 17.2 Å². The summed E-state index contributed by atoms with van der Waals surface area (Å²) in [5.41, 5.74) is 1.38. The van der Waals surface area contributed by atoms with Gasteiger partial charge in [-0.1, -0.05) is 47.0 Å². The lowest BCUT2D eigenvalue weighted by Gasteiger charge is -2.50. The summed E-state index contributed by atoms with van der Waals surface area (Å²) in [6.07, 6.45) is -3.93. The molecule has 1 saturated carbocycles. The van der Waals surface area contributed by atoms with E-state index in [-0.39, 0.29) is 59.1 Å². The Morgan fingerprint density at radius 1 is 0.964 bits per heavy atom. The molecule has 0 radical (unpaired) electrons. The van der Waals surface area contributed by atoms with Gasteiger partial charge in [0.05, 0.1) is 41.0 Å². The molecule has 2 heterocycles. The molecular formula is C38H32Cl2F3N3O9. The zero-order valence-corrected chi connectivity index (χ0v) is 30.3. The Hall–Kier alpha value is -5.28. The van der Waals surface area contributed by atoms with Crippen LogP contribution in [0.3, 0.4) is 0 Å². The van der Waals surface area contributed by atoms with Gasteiger partial charge in [-0.3, -0.25) is 34.3 Å². The molecule has 2 aliphatic carbocycles. The number of phenolic OH excluding ortho intramolecular Hbond substituents is 1. The molecule has 3 fully saturated rings. The number of alkyl halides is 3. The number of ether oxygens (including phenoxy) is 2. The van der Waals surface area contributed by atoms with Crippen LogP contribution in [-0.2, 0) is 29.4 Å². The number of phenols is 1. The van der Waals surface area contributed by atoms with Gasteiger partial charge >= 0.3 is 12.3 Å². The number of amides is 4. The van der Waals surface area contributed by atoms with E-state index in [0.717, 1.165) is 28.1 Å². The van der Waals surface area contributed by atoms with Crippen LogP contribution < -0.4 is 14.9 Å². The molecule has 3 aromatic carbocycles. The lowest BCUT2D eigenvalue weighted by atomic mass is 9.49. The molecule has 2 saturated heterocycles. The van der Waals surface area contributed by atoms with Gasteiger partial charge in [0.25, 0.3) is 11.8 Å². The van der Waals surface area contributed by atoms with E-state index in [1.807, 2.05) is 0 Å². The Morgan fingerprint density at radius 2 is 1.67 bits per heavy atom. The Bertz CT molecular complexity index is 2150. The van der Waals surface area contributed by atoms with Crippen LogP contribution in [0.1, 0.15) is 42.7 Å². The number of fused-ring (bicyclic) bond motifs is 4. The van der Waals surface area contributed by atoms with E-state index >= 15 is 4.79 Å². The second-order valence-corrected chi connectivity index (χ2v) is 14.6. The number of hydrogen-bond donors (Lipinski definition) is 3. The maximum atomic E-state index is 15.3. The number of benzene rings is 3. The van der Waals surface area contributed by atoms with Gasteiger partial charge in [-0.2, -0.15) is 5.01 Å². The zero-order chi connectivity index (χ0) is 39.6. The normalized spacial score (nSPS) is 26.0. The van der Waals surface area contributed by atoms with Crippen LogP contribution in [0, 0.1) is 23.7 Å². The van der Waals surface area contributed by atoms with E-state index in [9.17, 15) is 37.5 Å². The van der Waals surface area contributed by atoms with Crippen molar-refractivity contribution >= 4 is 58.5 Å². The number of methoxy groups -OCH3 is 1. The molecule has 3 aromatic rings. The SMILES string of the molecule is COc1ccc(C23C(=O)N(Nc4ccc(Cl)cc4Cl)C(=O)C2CC2C(=CCC4C(=O)N(CCCC(=O)O)C(=O)C42)C3c2cc(OC(F)(F)F)ccc2O)cc1. The van der Waals surface area contributed by atoms with Gasteiger partial charge in [-0.15, -0.1) is 13.2 Å². The number of carbonyl (C=O) groups is 5. The maximum Gasteiger partial charge on any atom is 0.573 e. The molecule has 2 aliphatic heterocycles. The number of anilines is 1. The summed E-state index contributed by atoms with van der Waals surface area (Å²) in [5, 5.41) is 21.8. The molecule has 3 N–H and O–H groups in total. The number of rotatable bonds is 10. The number of aliphatic carboxylic acids is 1. The average molecular weight is 803 g/mol. The third-order valence-electron chi connectivity index (χ3n) is 11.0. The van der Waals surface area contributed by atoms with E-state index in [1.54, 1.807) is 30.3 Å². The molecule has 0 bridgehead atoms. The highest BCUT2D eigenvalue weighted by molar-refractivity contribution is 6.36. The van der Waals surface area contributed by atoms with Crippen LogP contribution in [0.2, 0.25) is 10.0 Å². The summed E-state index contributed by atoms with van der Waals surface area (Å²) < 4.78 is 50.4. The van der Waals surface area contributed by atoms with Crippen molar-refractivity contribution < 1.29 is 56.8 Å². The largest absolute Gasteiger partial charge is 0.573 e. The van der Waals surface area contributed by atoms with Crippen molar-refractivity contribution in [1.29, 1.82) is 0 Å². The van der Waals surface area contributed by atoms with Crippen LogP contribution in [0.4, 0.5) is 18.9 Å². The van der Waals surface area contributed by atoms with Crippen molar-refractivity contribution in [2.24, 2.45) is 23.7 Å². The molecule has 7 rings (SSSR count). The molecule has 17 heteroatoms. The molecule has 6 unspecified atom stereocenters. The van der Waals surface area contributed by atoms with Crippen LogP contribution in [-0.4, -0.2) is 69.7 Å². The monoisotopic (exact) mass is 801 g/mol. The molecular weight excluding hydrogens is 770 g/mol. The molecule has 288 valence electrons. The fourth-order valence-corrected chi connectivity index (χ4v) is 9.27. The van der Waals surface area contributed by atoms with Crippen LogP contribution in [0.15, 0.2) is 72.3 Å². The number of hydrazine groups is 1. The number of carboxylic acids is 1. The van der Waals surface area contributed by atoms with E-state index in [1.165, 1.54) is 25.3 Å². The minimum Gasteiger partial charge on any atom is -0.508 e. The van der Waals surface area contributed by atoms with Crippen LogP contribution in [0.25, 0.3) is 0 Å². The van der Waals surface area contributed by atoms with Crippen molar-refractivity contribution in [2.75, 3.05) is 19.1 Å².